The van der Waals surface area contributed by atoms with E-state index in [1.54, 1.807) is 0 Å². The molecule has 0 aromatic heterocycles. The molecule has 0 bridgehead atoms. The van der Waals surface area contributed by atoms with E-state index < -0.39 is 0 Å². The molecule has 0 heterocycles. The van der Waals surface area contributed by atoms with Gasteiger partial charge in [0.05, 0.1) is 0 Å². The molecule has 0 aromatic carbocycles. The Morgan fingerprint density at radius 3 is 0.833 bits per heavy atom. The fourth-order valence-electron chi connectivity index (χ4n) is 0. The minimum Gasteiger partial charge on any atom is -0.512 e. The third-order valence-electron chi connectivity index (χ3n) is 0. The van der Waals surface area contributed by atoms with Gasteiger partial charge in [-0.25, -0.2) is 0 Å². The quantitative estimate of drug-likeness (QED) is 0.384. The molecule has 0 saturated carbocycles. The van der Waals surface area contributed by atoms with Gasteiger partial charge in [0.15, 0.2) is 0 Å². The molecular formula is C2CoN2Ni. The molecule has 1 radical (unpaired) electrons. The molecule has 0 atom stereocenters. The zero-order chi connectivity index (χ0) is 4.00. The summed E-state index contributed by atoms with van der Waals surface area (Å²) in [6.07, 6.45) is 0. The Balaban J connectivity index is -0.00000000500. The summed E-state index contributed by atoms with van der Waals surface area (Å²) >= 11 is 0. The van der Waals surface area contributed by atoms with Gasteiger partial charge >= 0.3 is 16.5 Å². The largest absolute Gasteiger partial charge is 2.00 e. The molecule has 0 spiro atoms. The van der Waals surface area contributed by atoms with Crippen LogP contribution in [0.3, 0.4) is 0 Å². The summed E-state index contributed by atoms with van der Waals surface area (Å²) in [5.74, 6) is 0. The van der Waals surface area contributed by atoms with Crippen molar-refractivity contribution in [3.63, 3.8) is 0 Å². The molecule has 0 amide bonds. The summed E-state index contributed by atoms with van der Waals surface area (Å²) < 4.78 is 0. The van der Waals surface area contributed by atoms with Crippen molar-refractivity contribution >= 4 is 0 Å². The first-order valence-electron chi connectivity index (χ1n) is 0.447. The average Bonchev–Trinajstić information content (AvgIpc) is 1.50. The summed E-state index contributed by atoms with van der Waals surface area (Å²) in [6, 6.07) is 0. The molecule has 0 aromatic rings. The van der Waals surface area contributed by atoms with Crippen LogP contribution in [0.25, 0.3) is 0 Å². The van der Waals surface area contributed by atoms with E-state index in [9.17, 15) is 0 Å². The van der Waals surface area contributed by atoms with Gasteiger partial charge in [-0.05, 0) is 0 Å². The van der Waals surface area contributed by atoms with Crippen molar-refractivity contribution in [1.29, 1.82) is 10.5 Å². The topological polar surface area (TPSA) is 47.6 Å². The molecule has 4 heteroatoms. The predicted octanol–water partition coefficient (Wildman–Crippen LogP) is 0.188. The first kappa shape index (κ1) is 37.8. The van der Waals surface area contributed by atoms with E-state index in [0.29, 0.717) is 0 Å². The number of rotatable bonds is 0. The molecular weight excluding hydrogens is 170 g/mol. The Kier molecular flexibility index (Phi) is 1240000. The molecule has 37 valence electrons. The van der Waals surface area contributed by atoms with E-state index >= 15 is 0 Å². The minimum absolute atomic E-state index is 0. The standard InChI is InChI=1S/2CN.Co.Ni/c2*1-2;;/q2*-1;;+2. The second-order valence-electron chi connectivity index (χ2n) is 0. The van der Waals surface area contributed by atoms with Crippen LogP contribution in [0.2, 0.25) is 0 Å². The van der Waals surface area contributed by atoms with Gasteiger partial charge in [-0.2, -0.15) is 0 Å². The van der Waals surface area contributed by atoms with Crippen molar-refractivity contribution < 1.29 is 33.3 Å². The van der Waals surface area contributed by atoms with Crippen molar-refractivity contribution in [2.75, 3.05) is 0 Å². The number of hydrogen-bond donors (Lipinski definition) is 0. The van der Waals surface area contributed by atoms with Gasteiger partial charge in [0.2, 0.25) is 0 Å². The van der Waals surface area contributed by atoms with Gasteiger partial charge in [0, 0.05) is 16.8 Å². The zero-order valence-electron chi connectivity index (χ0n) is 2.54. The maximum absolute atomic E-state index is 6.25. The molecule has 0 unspecified atom stereocenters. The molecule has 6 heavy (non-hydrogen) atoms. The van der Waals surface area contributed by atoms with Crippen LogP contribution in [0.4, 0.5) is 0 Å². The predicted molar refractivity (Wildman–Crippen MR) is 9.94 cm³/mol. The van der Waals surface area contributed by atoms with Crippen molar-refractivity contribution in [2.24, 2.45) is 0 Å². The molecule has 0 fully saturated rings. The molecule has 0 saturated heterocycles. The van der Waals surface area contributed by atoms with Crippen LogP contribution in [-0.2, 0) is 33.3 Å². The first-order valence-corrected chi connectivity index (χ1v) is 0.447. The summed E-state index contributed by atoms with van der Waals surface area (Å²) in [5, 5.41) is 12.5. The van der Waals surface area contributed by atoms with E-state index in [2.05, 4.69) is 0 Å². The van der Waals surface area contributed by atoms with Crippen LogP contribution in [0, 0.1) is 23.7 Å². The smallest absolute Gasteiger partial charge is 0.512 e. The summed E-state index contributed by atoms with van der Waals surface area (Å²) in [4.78, 5) is 0. The second kappa shape index (κ2) is 197000. The average molecular weight is 170 g/mol. The second-order valence-corrected chi connectivity index (χ2v) is 0. The Hall–Kier alpha value is -0.0200. The van der Waals surface area contributed by atoms with Crippen LogP contribution < -0.4 is 0 Å². The van der Waals surface area contributed by atoms with Crippen molar-refractivity contribution in [3.05, 3.63) is 13.1 Å². The summed E-state index contributed by atoms with van der Waals surface area (Å²) in [7, 11) is 0. The maximum Gasteiger partial charge on any atom is 2.00 e. The summed E-state index contributed by atoms with van der Waals surface area (Å²) in [5.41, 5.74) is 0. The minimum atomic E-state index is 0. The van der Waals surface area contributed by atoms with E-state index in [1.807, 2.05) is 0 Å². The maximum atomic E-state index is 6.25. The van der Waals surface area contributed by atoms with Crippen LogP contribution in [0.15, 0.2) is 0 Å². The molecule has 0 aliphatic rings. The van der Waals surface area contributed by atoms with Crippen LogP contribution in [0.1, 0.15) is 0 Å². The van der Waals surface area contributed by atoms with Gasteiger partial charge in [0.25, 0.3) is 0 Å². The summed E-state index contributed by atoms with van der Waals surface area (Å²) in [6.45, 7) is 9.50. The molecule has 0 rings (SSSR count). The van der Waals surface area contributed by atoms with Gasteiger partial charge in [-0.3, -0.25) is 0 Å². The normalized spacial score (nSPS) is 0.667. The van der Waals surface area contributed by atoms with Gasteiger partial charge in [-0.15, -0.1) is 0 Å². The van der Waals surface area contributed by atoms with Gasteiger partial charge in [0.1, 0.15) is 0 Å². The van der Waals surface area contributed by atoms with Gasteiger partial charge < -0.3 is 23.7 Å². The van der Waals surface area contributed by atoms with E-state index in [1.165, 1.54) is 0 Å². The number of hydrogen-bond acceptors (Lipinski definition) is 2. The van der Waals surface area contributed by atoms with Crippen molar-refractivity contribution in [1.82, 2.24) is 0 Å². The Morgan fingerprint density at radius 1 is 0.833 bits per heavy atom. The van der Waals surface area contributed by atoms with Crippen molar-refractivity contribution in [3.8, 4) is 0 Å². The van der Waals surface area contributed by atoms with E-state index in [0.717, 1.165) is 0 Å². The molecule has 0 N–H and O–H groups in total. The zero-order valence-corrected chi connectivity index (χ0v) is 4.57. The molecule has 2 nitrogen and oxygen atoms in total. The van der Waals surface area contributed by atoms with E-state index in [-0.39, 0.29) is 33.3 Å². The third kappa shape index (κ3) is 88400. The molecule has 0 aliphatic carbocycles. The SMILES string of the molecule is [C-]#N.[C-]#N.[Co].[Ni+2]. The Morgan fingerprint density at radius 2 is 0.833 bits per heavy atom. The Labute approximate surface area is 57.3 Å². The fraction of sp³-hybridized carbons (Fsp3) is 0. The molecule has 0 aliphatic heterocycles. The van der Waals surface area contributed by atoms with Crippen LogP contribution >= 0.6 is 0 Å². The van der Waals surface area contributed by atoms with Crippen molar-refractivity contribution in [2.45, 2.75) is 0 Å². The van der Waals surface area contributed by atoms with Crippen LogP contribution in [0.5, 0.6) is 0 Å². The van der Waals surface area contributed by atoms with Gasteiger partial charge in [-0.1, -0.05) is 0 Å². The van der Waals surface area contributed by atoms with Crippen LogP contribution in [-0.4, -0.2) is 0 Å². The van der Waals surface area contributed by atoms with E-state index in [4.69, 9.17) is 23.7 Å². The number of nitrogens with zero attached hydrogens (tertiary/aromatic N) is 2. The first-order chi connectivity index (χ1) is 2.00. The monoisotopic (exact) mass is 169 g/mol. The Bertz CT molecular complexity index is 27.0. The third-order valence-corrected chi connectivity index (χ3v) is 0. The fourth-order valence-corrected chi connectivity index (χ4v) is 0.